The Hall–Kier alpha value is -2.44. The van der Waals surface area contributed by atoms with E-state index < -0.39 is 45.9 Å². The first-order valence-corrected chi connectivity index (χ1v) is 6.91. The zero-order valence-corrected chi connectivity index (χ0v) is 13.1. The molecule has 0 unspecified atom stereocenters. The lowest BCUT2D eigenvalue weighted by atomic mass is 9.85. The molecule has 0 radical (unpaired) electrons. The molecule has 128 valence electrons. The second-order valence-corrected chi connectivity index (χ2v) is 6.15. The largest absolute Gasteiger partial charge is 0.872 e. The van der Waals surface area contributed by atoms with Crippen LogP contribution in [0, 0.1) is 29.1 Å². The zero-order chi connectivity index (χ0) is 18.2. The van der Waals surface area contributed by atoms with Crippen molar-refractivity contribution < 1.29 is 27.1 Å². The smallest absolute Gasteiger partial charge is 0.200 e. The number of hydrogen-bond donors (Lipinski definition) is 0. The fraction of sp³-hybridized carbons (Fsp3) is 0.235. The summed E-state index contributed by atoms with van der Waals surface area (Å²) < 4.78 is 66.4. The van der Waals surface area contributed by atoms with E-state index in [1.54, 1.807) is 32.9 Å². The van der Waals surface area contributed by atoms with Crippen LogP contribution in [0.1, 0.15) is 31.9 Å². The van der Waals surface area contributed by atoms with Gasteiger partial charge < -0.3 is 5.11 Å². The Bertz CT molecular complexity index is 796. The van der Waals surface area contributed by atoms with E-state index in [0.29, 0.717) is 5.56 Å². The molecule has 0 aliphatic rings. The number of para-hydroxylation sites is 1. The highest BCUT2D eigenvalue weighted by molar-refractivity contribution is 5.86. The molecule has 24 heavy (non-hydrogen) atoms. The van der Waals surface area contributed by atoms with Crippen LogP contribution in [-0.4, -0.2) is 6.21 Å². The van der Waals surface area contributed by atoms with E-state index in [0.717, 1.165) is 6.21 Å². The van der Waals surface area contributed by atoms with E-state index in [-0.39, 0.29) is 5.56 Å². The molecule has 2 aromatic rings. The molecule has 0 fully saturated rings. The number of nitrogens with zero attached hydrogens (tertiary/aromatic N) is 1. The monoisotopic (exact) mass is 342 g/mol. The summed E-state index contributed by atoms with van der Waals surface area (Å²) in [6.45, 7) is 5.40. The summed E-state index contributed by atoms with van der Waals surface area (Å²) in [5, 5.41) is 12.3. The van der Waals surface area contributed by atoms with Crippen molar-refractivity contribution in [2.45, 2.75) is 26.2 Å². The molecule has 0 aliphatic heterocycles. The maximum atomic E-state index is 13.6. The van der Waals surface area contributed by atoms with Gasteiger partial charge in [0, 0.05) is 6.21 Å². The summed E-state index contributed by atoms with van der Waals surface area (Å²) in [6, 6.07) is 4.48. The second kappa shape index (κ2) is 6.22. The molecule has 0 saturated carbocycles. The Labute approximate surface area is 135 Å². The van der Waals surface area contributed by atoms with Crippen LogP contribution in [0.4, 0.5) is 27.6 Å². The molecule has 0 N–H and O–H groups in total. The van der Waals surface area contributed by atoms with E-state index in [9.17, 15) is 27.1 Å². The lowest BCUT2D eigenvalue weighted by Gasteiger charge is -2.27. The molecule has 2 rings (SSSR count). The topological polar surface area (TPSA) is 35.4 Å². The third-order valence-corrected chi connectivity index (χ3v) is 3.37. The summed E-state index contributed by atoms with van der Waals surface area (Å²) >= 11 is 0. The van der Waals surface area contributed by atoms with Gasteiger partial charge in [-0.25, -0.2) is 26.9 Å². The van der Waals surface area contributed by atoms with Gasteiger partial charge in [0.25, 0.3) is 0 Å². The molecule has 0 aromatic heterocycles. The standard InChI is InChI=1S/C17H14F5NO/c1-17(2,3)9-6-4-5-8(16(9)24)7-23-15-13(21)11(19)10(18)12(20)14(15)22/h4-7,24H,1-3H3/p-1. The van der Waals surface area contributed by atoms with Crippen LogP contribution in [0.2, 0.25) is 0 Å². The predicted molar refractivity (Wildman–Crippen MR) is 78.1 cm³/mol. The van der Waals surface area contributed by atoms with E-state index in [4.69, 9.17) is 0 Å². The Balaban J connectivity index is 2.55. The number of halogens is 5. The quantitative estimate of drug-likeness (QED) is 0.342. The maximum Gasteiger partial charge on any atom is 0.200 e. The Morgan fingerprint density at radius 1 is 0.875 bits per heavy atom. The molecule has 2 nitrogen and oxygen atoms in total. The molecule has 0 amide bonds. The summed E-state index contributed by atoms with van der Waals surface area (Å²) in [5.41, 5.74) is -1.41. The Kier molecular flexibility index (Phi) is 4.64. The van der Waals surface area contributed by atoms with Crippen LogP contribution in [-0.2, 0) is 5.41 Å². The average molecular weight is 342 g/mol. The SMILES string of the molecule is CC(C)(C)c1cccc(C=Nc2c(F)c(F)c(F)c(F)c2F)c1[O-]. The van der Waals surface area contributed by atoms with Crippen molar-refractivity contribution in [2.24, 2.45) is 4.99 Å². The van der Waals surface area contributed by atoms with E-state index >= 15 is 0 Å². The van der Waals surface area contributed by atoms with Crippen LogP contribution in [0.15, 0.2) is 23.2 Å². The molecule has 0 heterocycles. The van der Waals surface area contributed by atoms with Gasteiger partial charge in [0.05, 0.1) is 0 Å². The molecular weight excluding hydrogens is 329 g/mol. The molecule has 0 atom stereocenters. The molecule has 0 spiro atoms. The molecular formula is C17H13F5NO-. The van der Waals surface area contributed by atoms with Crippen LogP contribution in [0.3, 0.4) is 0 Å². The first-order chi connectivity index (χ1) is 11.1. The van der Waals surface area contributed by atoms with Gasteiger partial charge in [-0.2, -0.15) is 0 Å². The minimum Gasteiger partial charge on any atom is -0.872 e. The molecule has 2 aromatic carbocycles. The van der Waals surface area contributed by atoms with Gasteiger partial charge in [-0.1, -0.05) is 44.7 Å². The van der Waals surface area contributed by atoms with Crippen molar-refractivity contribution in [2.75, 3.05) is 0 Å². The van der Waals surface area contributed by atoms with Gasteiger partial charge in [0.2, 0.25) is 5.82 Å². The highest BCUT2D eigenvalue weighted by Crippen LogP contribution is 2.32. The first kappa shape index (κ1) is 17.9. The number of rotatable bonds is 2. The van der Waals surface area contributed by atoms with Crippen molar-refractivity contribution in [1.82, 2.24) is 0 Å². The normalized spacial score (nSPS) is 12.2. The third kappa shape index (κ3) is 3.11. The summed E-state index contributed by atoms with van der Waals surface area (Å²) in [6.07, 6.45) is 0.788. The first-order valence-electron chi connectivity index (χ1n) is 6.91. The molecule has 7 heteroatoms. The van der Waals surface area contributed by atoms with Gasteiger partial charge in [-0.15, -0.1) is 0 Å². The summed E-state index contributed by atoms with van der Waals surface area (Å²) in [4.78, 5) is 3.30. The number of benzene rings is 2. The van der Waals surface area contributed by atoms with Crippen LogP contribution >= 0.6 is 0 Å². The van der Waals surface area contributed by atoms with E-state index in [2.05, 4.69) is 4.99 Å². The minimum atomic E-state index is -2.26. The number of hydrogen-bond acceptors (Lipinski definition) is 2. The zero-order valence-electron chi connectivity index (χ0n) is 13.1. The average Bonchev–Trinajstić information content (AvgIpc) is 2.51. The fourth-order valence-corrected chi connectivity index (χ4v) is 2.09. The fourth-order valence-electron chi connectivity index (χ4n) is 2.09. The predicted octanol–water partition coefficient (Wildman–Crippen LogP) is 4.50. The highest BCUT2D eigenvalue weighted by atomic mass is 19.2. The highest BCUT2D eigenvalue weighted by Gasteiger charge is 2.25. The van der Waals surface area contributed by atoms with Crippen LogP contribution in [0.5, 0.6) is 5.75 Å². The molecule has 0 aliphatic carbocycles. The summed E-state index contributed by atoms with van der Waals surface area (Å²) in [5.74, 6) is -11.0. The van der Waals surface area contributed by atoms with Gasteiger partial charge in [0.15, 0.2) is 23.3 Å². The van der Waals surface area contributed by atoms with Gasteiger partial charge in [-0.05, 0) is 16.5 Å². The maximum absolute atomic E-state index is 13.6. The second-order valence-electron chi connectivity index (χ2n) is 6.15. The summed E-state index contributed by atoms with van der Waals surface area (Å²) in [7, 11) is 0. The van der Waals surface area contributed by atoms with Gasteiger partial charge in [0.1, 0.15) is 5.69 Å². The van der Waals surface area contributed by atoms with Crippen molar-refractivity contribution in [1.29, 1.82) is 0 Å². The lowest BCUT2D eigenvalue weighted by molar-refractivity contribution is -0.270. The number of aliphatic imine (C=N–C) groups is 1. The van der Waals surface area contributed by atoms with Crippen LogP contribution in [0.25, 0.3) is 0 Å². The molecule has 0 bridgehead atoms. The third-order valence-electron chi connectivity index (χ3n) is 3.37. The Morgan fingerprint density at radius 2 is 1.38 bits per heavy atom. The van der Waals surface area contributed by atoms with E-state index in [1.165, 1.54) is 6.07 Å². The van der Waals surface area contributed by atoms with E-state index in [1.807, 2.05) is 0 Å². The lowest BCUT2D eigenvalue weighted by Crippen LogP contribution is -2.15. The van der Waals surface area contributed by atoms with Gasteiger partial charge in [-0.3, -0.25) is 0 Å². The van der Waals surface area contributed by atoms with Gasteiger partial charge >= 0.3 is 0 Å². The Morgan fingerprint density at radius 3 is 1.88 bits per heavy atom. The van der Waals surface area contributed by atoms with Crippen molar-refractivity contribution >= 4 is 11.9 Å². The van der Waals surface area contributed by atoms with Crippen LogP contribution < -0.4 is 5.11 Å². The molecule has 0 saturated heterocycles. The van der Waals surface area contributed by atoms with Crippen molar-refractivity contribution in [3.8, 4) is 5.75 Å². The minimum absolute atomic E-state index is 0.0219. The van der Waals surface area contributed by atoms with Crippen molar-refractivity contribution in [3.05, 3.63) is 58.4 Å². The van der Waals surface area contributed by atoms with Crippen molar-refractivity contribution in [3.63, 3.8) is 0 Å².